The summed E-state index contributed by atoms with van der Waals surface area (Å²) in [6, 6.07) is 4.13. The van der Waals surface area contributed by atoms with E-state index in [1.165, 1.54) is 5.56 Å². The van der Waals surface area contributed by atoms with Crippen LogP contribution >= 0.6 is 0 Å². The predicted molar refractivity (Wildman–Crippen MR) is 110 cm³/mol. The number of hydrogen-bond donors (Lipinski definition) is 0. The van der Waals surface area contributed by atoms with Crippen LogP contribution in [0, 0.1) is 34.6 Å². The topological polar surface area (TPSA) is 62.5 Å². The summed E-state index contributed by atoms with van der Waals surface area (Å²) < 4.78 is 6.04. The van der Waals surface area contributed by atoms with Gasteiger partial charge in [0.2, 0.25) is 0 Å². The number of carbonyl (C=O) groups is 1. The van der Waals surface area contributed by atoms with Crippen LogP contribution in [-0.2, 0) is 0 Å². The third-order valence-corrected chi connectivity index (χ3v) is 5.74. The van der Waals surface area contributed by atoms with E-state index in [9.17, 15) is 4.79 Å². The van der Waals surface area contributed by atoms with Gasteiger partial charge in [-0.2, -0.15) is 0 Å². The molecule has 0 unspecified atom stereocenters. The van der Waals surface area contributed by atoms with Crippen molar-refractivity contribution < 1.29 is 9.21 Å². The maximum absolute atomic E-state index is 13.1. The van der Waals surface area contributed by atoms with Gasteiger partial charge in [0.15, 0.2) is 5.76 Å². The zero-order valence-corrected chi connectivity index (χ0v) is 17.2. The largest absolute Gasteiger partial charge is 0.450 e. The average molecular weight is 378 g/mol. The van der Waals surface area contributed by atoms with Gasteiger partial charge in [0.1, 0.15) is 11.4 Å². The van der Waals surface area contributed by atoms with Crippen LogP contribution in [0.15, 0.2) is 22.7 Å². The molecule has 3 heterocycles. The van der Waals surface area contributed by atoms with Crippen LogP contribution in [0.2, 0.25) is 0 Å². The van der Waals surface area contributed by atoms with Gasteiger partial charge in [-0.1, -0.05) is 12.1 Å². The molecular weight excluding hydrogens is 352 g/mol. The summed E-state index contributed by atoms with van der Waals surface area (Å²) >= 11 is 0. The quantitative estimate of drug-likeness (QED) is 0.680. The van der Waals surface area contributed by atoms with Crippen LogP contribution < -0.4 is 4.90 Å². The molecule has 0 aliphatic carbocycles. The highest BCUT2D eigenvalue weighted by Crippen LogP contribution is 2.30. The van der Waals surface area contributed by atoms with Gasteiger partial charge in [-0.05, 0) is 45.7 Å². The monoisotopic (exact) mass is 378 g/mol. The number of furan rings is 1. The molecule has 0 radical (unpaired) electrons. The van der Waals surface area contributed by atoms with E-state index in [2.05, 4.69) is 27.9 Å². The molecule has 1 saturated heterocycles. The number of piperazine rings is 1. The lowest BCUT2D eigenvalue weighted by molar-refractivity contribution is 0.0715. The first kappa shape index (κ1) is 18.5. The van der Waals surface area contributed by atoms with Crippen LogP contribution in [0.25, 0.3) is 11.0 Å². The molecule has 146 valence electrons. The van der Waals surface area contributed by atoms with E-state index in [4.69, 9.17) is 4.42 Å². The van der Waals surface area contributed by atoms with Crippen LogP contribution in [0.4, 0.5) is 5.82 Å². The molecule has 1 fully saturated rings. The number of fused-ring (bicyclic) bond motifs is 1. The lowest BCUT2D eigenvalue weighted by atomic mass is 10.0. The predicted octanol–water partition coefficient (Wildman–Crippen LogP) is 3.73. The Morgan fingerprint density at radius 2 is 1.71 bits per heavy atom. The molecule has 1 amide bonds. The minimum atomic E-state index is -0.0301. The van der Waals surface area contributed by atoms with Gasteiger partial charge in [-0.25, -0.2) is 4.98 Å². The SMILES string of the molecule is Cc1cnc(C)c(N2CCN(C(=O)c3oc4c(C)c(C)ccc4c3C)CC2)n1. The van der Waals surface area contributed by atoms with Gasteiger partial charge in [-0.15, -0.1) is 0 Å². The fourth-order valence-corrected chi connectivity index (χ4v) is 3.81. The van der Waals surface area contributed by atoms with Crippen LogP contribution in [0.3, 0.4) is 0 Å². The molecule has 0 N–H and O–H groups in total. The minimum absolute atomic E-state index is 0.0301. The van der Waals surface area contributed by atoms with Crippen molar-refractivity contribution in [1.82, 2.24) is 14.9 Å². The van der Waals surface area contributed by atoms with E-state index >= 15 is 0 Å². The molecule has 2 aromatic heterocycles. The average Bonchev–Trinajstić information content (AvgIpc) is 3.03. The van der Waals surface area contributed by atoms with Gasteiger partial charge in [0.05, 0.1) is 11.4 Å². The number of nitrogens with zero attached hydrogens (tertiary/aromatic N) is 4. The molecule has 1 aliphatic heterocycles. The third-order valence-electron chi connectivity index (χ3n) is 5.74. The lowest BCUT2D eigenvalue weighted by Gasteiger charge is -2.35. The van der Waals surface area contributed by atoms with Gasteiger partial charge in [0.25, 0.3) is 5.91 Å². The Bertz CT molecular complexity index is 1060. The van der Waals surface area contributed by atoms with Gasteiger partial charge in [-0.3, -0.25) is 9.78 Å². The van der Waals surface area contributed by atoms with Gasteiger partial charge in [0, 0.05) is 43.3 Å². The van der Waals surface area contributed by atoms with E-state index in [-0.39, 0.29) is 5.91 Å². The summed E-state index contributed by atoms with van der Waals surface area (Å²) in [7, 11) is 0. The number of benzene rings is 1. The van der Waals surface area contributed by atoms with Gasteiger partial charge < -0.3 is 14.2 Å². The normalized spacial score (nSPS) is 14.8. The molecule has 28 heavy (non-hydrogen) atoms. The number of amides is 1. The second-order valence-corrected chi connectivity index (χ2v) is 7.64. The zero-order valence-electron chi connectivity index (χ0n) is 17.2. The minimum Gasteiger partial charge on any atom is -0.450 e. The molecule has 0 saturated carbocycles. The molecule has 1 aromatic carbocycles. The summed E-state index contributed by atoms with van der Waals surface area (Å²) in [5, 5.41) is 1.02. The molecule has 1 aliphatic rings. The zero-order chi connectivity index (χ0) is 20.0. The maximum atomic E-state index is 13.1. The summed E-state index contributed by atoms with van der Waals surface area (Å²) in [5.74, 6) is 1.35. The Kier molecular flexibility index (Phi) is 4.57. The number of aromatic nitrogens is 2. The summed E-state index contributed by atoms with van der Waals surface area (Å²) in [4.78, 5) is 26.3. The van der Waals surface area contributed by atoms with Crippen LogP contribution in [0.1, 0.15) is 38.6 Å². The third kappa shape index (κ3) is 3.03. The number of carbonyl (C=O) groups excluding carboxylic acids is 1. The maximum Gasteiger partial charge on any atom is 0.290 e. The van der Waals surface area contributed by atoms with E-state index in [0.717, 1.165) is 52.4 Å². The van der Waals surface area contributed by atoms with Crippen molar-refractivity contribution in [2.45, 2.75) is 34.6 Å². The second kappa shape index (κ2) is 6.93. The number of rotatable bonds is 2. The highest BCUT2D eigenvalue weighted by atomic mass is 16.3. The standard InChI is InChI=1S/C22H26N4O2/c1-13-6-7-18-16(4)20(28-19(18)15(13)3)22(27)26-10-8-25(9-11-26)21-17(5)23-12-14(2)24-21/h6-7,12H,8-11H2,1-5H3. The Morgan fingerprint density at radius 1 is 1.00 bits per heavy atom. The van der Waals surface area contributed by atoms with Crippen molar-refractivity contribution in [3.05, 3.63) is 52.2 Å². The van der Waals surface area contributed by atoms with E-state index in [0.29, 0.717) is 18.8 Å². The van der Waals surface area contributed by atoms with E-state index in [1.807, 2.05) is 38.7 Å². The Morgan fingerprint density at radius 3 is 2.43 bits per heavy atom. The molecule has 0 atom stereocenters. The first-order chi connectivity index (χ1) is 13.4. The van der Waals surface area contributed by atoms with Crippen molar-refractivity contribution in [2.24, 2.45) is 0 Å². The molecular formula is C22H26N4O2. The van der Waals surface area contributed by atoms with Crippen LogP contribution in [-0.4, -0.2) is 47.0 Å². The van der Waals surface area contributed by atoms with Crippen LogP contribution in [0.5, 0.6) is 0 Å². The molecule has 6 heteroatoms. The first-order valence-electron chi connectivity index (χ1n) is 9.70. The first-order valence-corrected chi connectivity index (χ1v) is 9.70. The molecule has 0 bridgehead atoms. The van der Waals surface area contributed by atoms with Crippen molar-refractivity contribution in [1.29, 1.82) is 0 Å². The van der Waals surface area contributed by atoms with E-state index < -0.39 is 0 Å². The summed E-state index contributed by atoms with van der Waals surface area (Å²) in [5.41, 5.74) is 5.84. The summed E-state index contributed by atoms with van der Waals surface area (Å²) in [6.07, 6.45) is 1.78. The fourth-order valence-electron chi connectivity index (χ4n) is 3.81. The number of aryl methyl sites for hydroxylation is 5. The highest BCUT2D eigenvalue weighted by molar-refractivity contribution is 5.99. The molecule has 6 nitrogen and oxygen atoms in total. The highest BCUT2D eigenvalue weighted by Gasteiger charge is 2.28. The summed E-state index contributed by atoms with van der Waals surface area (Å²) in [6.45, 7) is 12.7. The van der Waals surface area contributed by atoms with E-state index in [1.54, 1.807) is 6.20 Å². The van der Waals surface area contributed by atoms with Crippen molar-refractivity contribution in [2.75, 3.05) is 31.1 Å². The Hall–Kier alpha value is -2.89. The number of hydrogen-bond acceptors (Lipinski definition) is 5. The van der Waals surface area contributed by atoms with Crippen molar-refractivity contribution >= 4 is 22.7 Å². The Balaban J connectivity index is 1.55. The van der Waals surface area contributed by atoms with Gasteiger partial charge >= 0.3 is 0 Å². The Labute approximate surface area is 165 Å². The smallest absolute Gasteiger partial charge is 0.290 e. The molecule has 3 aromatic rings. The van der Waals surface area contributed by atoms with Crippen molar-refractivity contribution in [3.8, 4) is 0 Å². The van der Waals surface area contributed by atoms with Crippen molar-refractivity contribution in [3.63, 3.8) is 0 Å². The second-order valence-electron chi connectivity index (χ2n) is 7.64. The molecule has 0 spiro atoms. The lowest BCUT2D eigenvalue weighted by Crippen LogP contribution is -2.49. The fraction of sp³-hybridized carbons (Fsp3) is 0.409. The number of anilines is 1. The molecule has 4 rings (SSSR count).